The first-order valence-corrected chi connectivity index (χ1v) is 5.85. The minimum Gasteiger partial charge on any atom is -0.354 e. The lowest BCUT2D eigenvalue weighted by molar-refractivity contribution is 0.879. The van der Waals surface area contributed by atoms with Gasteiger partial charge in [-0.15, -0.1) is 0 Å². The molecule has 1 aromatic heterocycles. The molecular formula is C7H8Cl4N4. The maximum absolute atomic E-state index is 5.65. The number of hydrogen-bond donors (Lipinski definition) is 1. The van der Waals surface area contributed by atoms with Crippen LogP contribution in [0.2, 0.25) is 0 Å². The van der Waals surface area contributed by atoms with E-state index in [1.54, 1.807) is 0 Å². The van der Waals surface area contributed by atoms with E-state index in [1.165, 1.54) is 0 Å². The molecule has 84 valence electrons. The predicted molar refractivity (Wildman–Crippen MR) is 62.9 cm³/mol. The van der Waals surface area contributed by atoms with Crippen molar-refractivity contribution in [3.05, 3.63) is 11.6 Å². The molecule has 8 heteroatoms. The maximum atomic E-state index is 5.65. The minimum atomic E-state index is -0.837. The van der Waals surface area contributed by atoms with Crippen molar-refractivity contribution in [2.24, 2.45) is 0 Å². The molecule has 0 saturated heterocycles. The van der Waals surface area contributed by atoms with Gasteiger partial charge in [-0.05, 0) is 6.92 Å². The second-order valence-electron chi connectivity index (χ2n) is 2.51. The van der Waals surface area contributed by atoms with Crippen LogP contribution in [0, 0.1) is 0 Å². The van der Waals surface area contributed by atoms with Crippen molar-refractivity contribution in [2.75, 3.05) is 11.9 Å². The summed E-state index contributed by atoms with van der Waals surface area (Å²) in [5.74, 6) is 0.811. The number of alkyl halides is 4. The second kappa shape index (κ2) is 5.89. The fourth-order valence-corrected chi connectivity index (χ4v) is 1.23. The van der Waals surface area contributed by atoms with Crippen LogP contribution < -0.4 is 5.32 Å². The van der Waals surface area contributed by atoms with E-state index in [2.05, 4.69) is 20.3 Å². The van der Waals surface area contributed by atoms with Crippen molar-refractivity contribution in [1.29, 1.82) is 0 Å². The summed E-state index contributed by atoms with van der Waals surface area (Å²) in [5, 5.41) is 2.90. The molecule has 0 saturated carbocycles. The Kier molecular flexibility index (Phi) is 5.12. The van der Waals surface area contributed by atoms with E-state index in [-0.39, 0.29) is 11.6 Å². The Hall–Kier alpha value is -0.0300. The Bertz CT molecular complexity index is 305. The average molecular weight is 290 g/mol. The van der Waals surface area contributed by atoms with Gasteiger partial charge in [-0.25, -0.2) is 4.98 Å². The van der Waals surface area contributed by atoms with Gasteiger partial charge in [0.15, 0.2) is 21.3 Å². The van der Waals surface area contributed by atoms with Gasteiger partial charge in [0.25, 0.3) is 0 Å². The van der Waals surface area contributed by atoms with E-state index < -0.39 is 9.67 Å². The number of anilines is 1. The van der Waals surface area contributed by atoms with Crippen LogP contribution in [-0.4, -0.2) is 21.5 Å². The summed E-state index contributed by atoms with van der Waals surface area (Å²) >= 11 is 22.6. The van der Waals surface area contributed by atoms with E-state index in [4.69, 9.17) is 46.4 Å². The fraction of sp³-hybridized carbons (Fsp3) is 0.571. The van der Waals surface area contributed by atoms with E-state index in [0.29, 0.717) is 12.5 Å². The molecule has 0 radical (unpaired) electrons. The van der Waals surface area contributed by atoms with Crippen LogP contribution in [0.15, 0.2) is 0 Å². The van der Waals surface area contributed by atoms with Crippen LogP contribution in [0.1, 0.15) is 28.2 Å². The van der Waals surface area contributed by atoms with Gasteiger partial charge in [-0.3, -0.25) is 0 Å². The van der Waals surface area contributed by atoms with Crippen LogP contribution in [0.5, 0.6) is 0 Å². The molecule has 1 aromatic rings. The summed E-state index contributed by atoms with van der Waals surface area (Å²) in [4.78, 5) is 10.2. The van der Waals surface area contributed by atoms with Gasteiger partial charge >= 0.3 is 0 Å². The molecule has 0 atom stereocenters. The summed E-state index contributed by atoms with van der Waals surface area (Å²) in [6, 6.07) is 0. The molecule has 0 aliphatic rings. The summed E-state index contributed by atoms with van der Waals surface area (Å²) in [6.45, 7) is 2.56. The Morgan fingerprint density at radius 1 is 1.00 bits per heavy atom. The van der Waals surface area contributed by atoms with Crippen molar-refractivity contribution < 1.29 is 0 Å². The Morgan fingerprint density at radius 3 is 1.80 bits per heavy atom. The van der Waals surface area contributed by atoms with Gasteiger partial charge in [0.1, 0.15) is 0 Å². The molecule has 1 heterocycles. The summed E-state index contributed by atoms with van der Waals surface area (Å²) in [5.41, 5.74) is 0. The van der Waals surface area contributed by atoms with Crippen LogP contribution in [0.4, 0.5) is 5.95 Å². The highest BCUT2D eigenvalue weighted by Gasteiger charge is 2.15. The molecule has 0 unspecified atom stereocenters. The Labute approximate surface area is 107 Å². The highest BCUT2D eigenvalue weighted by atomic mass is 35.5. The Balaban J connectivity index is 3.08. The molecule has 0 amide bonds. The Morgan fingerprint density at radius 2 is 1.47 bits per heavy atom. The van der Waals surface area contributed by atoms with Crippen molar-refractivity contribution in [2.45, 2.75) is 16.6 Å². The highest BCUT2D eigenvalue weighted by molar-refractivity contribution is 6.44. The van der Waals surface area contributed by atoms with Gasteiger partial charge in [0.2, 0.25) is 5.95 Å². The summed E-state index contributed by atoms with van der Waals surface area (Å²) in [7, 11) is 0. The summed E-state index contributed by atoms with van der Waals surface area (Å²) < 4.78 is 0. The largest absolute Gasteiger partial charge is 0.354 e. The standard InChI is InChI=1S/C7H8Cl4N4/c1-2-12-7-14-5(3(8)9)13-6(15-7)4(10)11/h3-4H,2H2,1H3,(H,12,13,14,15). The SMILES string of the molecule is CCNc1nc(C(Cl)Cl)nc(C(Cl)Cl)n1. The second-order valence-corrected chi connectivity index (χ2v) is 4.70. The van der Waals surface area contributed by atoms with Crippen LogP contribution >= 0.6 is 46.4 Å². The fourth-order valence-electron chi connectivity index (χ4n) is 0.842. The minimum absolute atomic E-state index is 0.227. The lowest BCUT2D eigenvalue weighted by Gasteiger charge is -2.08. The van der Waals surface area contributed by atoms with Gasteiger partial charge < -0.3 is 5.32 Å². The molecule has 0 bridgehead atoms. The van der Waals surface area contributed by atoms with Gasteiger partial charge in [0.05, 0.1) is 0 Å². The number of rotatable bonds is 4. The predicted octanol–water partition coefficient (Wildman–Crippen LogP) is 3.26. The molecule has 0 fully saturated rings. The van der Waals surface area contributed by atoms with Crippen molar-refractivity contribution in [3.63, 3.8) is 0 Å². The zero-order valence-corrected chi connectivity index (χ0v) is 10.7. The van der Waals surface area contributed by atoms with Gasteiger partial charge in [0, 0.05) is 6.54 Å². The third kappa shape index (κ3) is 3.79. The first kappa shape index (κ1) is 13.0. The topological polar surface area (TPSA) is 50.7 Å². The molecule has 1 rings (SSSR count). The average Bonchev–Trinajstić information content (AvgIpc) is 2.17. The number of halogens is 4. The number of hydrogen-bond acceptors (Lipinski definition) is 4. The molecule has 0 aliphatic carbocycles. The van der Waals surface area contributed by atoms with Crippen LogP contribution in [-0.2, 0) is 0 Å². The summed E-state index contributed by atoms with van der Waals surface area (Å²) in [6.07, 6.45) is 0. The molecule has 4 nitrogen and oxygen atoms in total. The van der Waals surface area contributed by atoms with Crippen molar-refractivity contribution in [1.82, 2.24) is 15.0 Å². The first-order valence-electron chi connectivity index (χ1n) is 4.10. The van der Waals surface area contributed by atoms with Crippen molar-refractivity contribution in [3.8, 4) is 0 Å². The maximum Gasteiger partial charge on any atom is 0.226 e. The van der Waals surface area contributed by atoms with E-state index in [0.717, 1.165) is 0 Å². The molecular weight excluding hydrogens is 282 g/mol. The van der Waals surface area contributed by atoms with Crippen LogP contribution in [0.3, 0.4) is 0 Å². The quantitative estimate of drug-likeness (QED) is 0.865. The lowest BCUT2D eigenvalue weighted by atomic mass is 10.6. The smallest absolute Gasteiger partial charge is 0.226 e. The first-order chi connectivity index (χ1) is 7.04. The number of nitrogens with zero attached hydrogens (tertiary/aromatic N) is 3. The zero-order chi connectivity index (χ0) is 11.4. The van der Waals surface area contributed by atoms with Crippen LogP contribution in [0.25, 0.3) is 0 Å². The molecule has 1 N–H and O–H groups in total. The van der Waals surface area contributed by atoms with Gasteiger partial charge in [-0.1, -0.05) is 46.4 Å². The van der Waals surface area contributed by atoms with E-state index >= 15 is 0 Å². The molecule has 15 heavy (non-hydrogen) atoms. The number of nitrogens with one attached hydrogen (secondary N) is 1. The normalized spacial score (nSPS) is 11.1. The molecule has 0 spiro atoms. The van der Waals surface area contributed by atoms with E-state index in [9.17, 15) is 0 Å². The molecule has 0 aliphatic heterocycles. The monoisotopic (exact) mass is 288 g/mol. The third-order valence-electron chi connectivity index (χ3n) is 1.40. The lowest BCUT2D eigenvalue weighted by Crippen LogP contribution is -2.09. The zero-order valence-electron chi connectivity index (χ0n) is 7.72. The molecule has 0 aromatic carbocycles. The highest BCUT2D eigenvalue weighted by Crippen LogP contribution is 2.26. The number of aromatic nitrogens is 3. The van der Waals surface area contributed by atoms with Gasteiger partial charge in [-0.2, -0.15) is 9.97 Å². The van der Waals surface area contributed by atoms with Crippen molar-refractivity contribution >= 4 is 52.4 Å². The third-order valence-corrected chi connectivity index (χ3v) is 2.18. The van der Waals surface area contributed by atoms with E-state index in [1.807, 2.05) is 6.92 Å².